The standard InChI is InChI=1S/C12H18N4O2/c17-12-4-2-6-16-11(7-13-14-16)9-18-8-10-3-1-5-15(10)12/h7,10H,1-6,8-9H2/t10-/m0/s1. The van der Waals surface area contributed by atoms with Gasteiger partial charge in [-0.1, -0.05) is 5.21 Å². The predicted molar refractivity (Wildman–Crippen MR) is 63.6 cm³/mol. The predicted octanol–water partition coefficient (Wildman–Crippen LogP) is 0.579. The van der Waals surface area contributed by atoms with Crippen LogP contribution >= 0.6 is 0 Å². The van der Waals surface area contributed by atoms with E-state index in [-0.39, 0.29) is 11.9 Å². The van der Waals surface area contributed by atoms with Gasteiger partial charge in [-0.05, 0) is 19.3 Å². The van der Waals surface area contributed by atoms with Gasteiger partial charge in [-0.15, -0.1) is 5.10 Å². The topological polar surface area (TPSA) is 60.3 Å². The molecule has 0 spiro atoms. The van der Waals surface area contributed by atoms with E-state index >= 15 is 0 Å². The molecule has 6 nitrogen and oxygen atoms in total. The summed E-state index contributed by atoms with van der Waals surface area (Å²) in [6, 6.07) is 0.264. The van der Waals surface area contributed by atoms with Crippen LogP contribution in [0.2, 0.25) is 0 Å². The molecule has 0 unspecified atom stereocenters. The number of aryl methyl sites for hydroxylation is 1. The van der Waals surface area contributed by atoms with Gasteiger partial charge in [-0.2, -0.15) is 0 Å². The molecule has 0 bridgehead atoms. The maximum absolute atomic E-state index is 12.1. The third-order valence-electron chi connectivity index (χ3n) is 3.72. The number of hydrogen-bond acceptors (Lipinski definition) is 4. The normalized spacial score (nSPS) is 25.4. The quantitative estimate of drug-likeness (QED) is 0.676. The molecule has 1 aromatic rings. The van der Waals surface area contributed by atoms with E-state index in [1.165, 1.54) is 0 Å². The van der Waals surface area contributed by atoms with Gasteiger partial charge in [0.15, 0.2) is 0 Å². The number of amides is 1. The second kappa shape index (κ2) is 5.06. The molecule has 3 rings (SSSR count). The first-order chi connectivity index (χ1) is 8.84. The number of ether oxygens (including phenoxy) is 1. The Morgan fingerprint density at radius 2 is 2.28 bits per heavy atom. The third-order valence-corrected chi connectivity index (χ3v) is 3.72. The SMILES string of the molecule is O=C1CCCn2nncc2COC[C@@H]2CCCN12. The average molecular weight is 250 g/mol. The van der Waals surface area contributed by atoms with Crippen LogP contribution in [0.25, 0.3) is 0 Å². The summed E-state index contributed by atoms with van der Waals surface area (Å²) in [5.74, 6) is 0.254. The summed E-state index contributed by atoms with van der Waals surface area (Å²) in [5, 5.41) is 7.92. The molecule has 98 valence electrons. The van der Waals surface area contributed by atoms with Gasteiger partial charge < -0.3 is 9.64 Å². The minimum atomic E-state index is 0.254. The van der Waals surface area contributed by atoms with Crippen molar-refractivity contribution in [3.63, 3.8) is 0 Å². The molecule has 1 amide bonds. The van der Waals surface area contributed by atoms with Crippen LogP contribution in [0.1, 0.15) is 31.4 Å². The molecule has 0 radical (unpaired) electrons. The number of nitrogens with zero attached hydrogens (tertiary/aromatic N) is 4. The van der Waals surface area contributed by atoms with Crippen LogP contribution < -0.4 is 0 Å². The highest BCUT2D eigenvalue weighted by Gasteiger charge is 2.28. The number of aromatic nitrogens is 3. The van der Waals surface area contributed by atoms with E-state index in [4.69, 9.17) is 4.74 Å². The van der Waals surface area contributed by atoms with Crippen LogP contribution in [0.15, 0.2) is 6.20 Å². The lowest BCUT2D eigenvalue weighted by molar-refractivity contribution is -0.133. The van der Waals surface area contributed by atoms with Crippen molar-refractivity contribution in [2.24, 2.45) is 0 Å². The van der Waals surface area contributed by atoms with Gasteiger partial charge >= 0.3 is 0 Å². The lowest BCUT2D eigenvalue weighted by atomic mass is 10.2. The minimum Gasteiger partial charge on any atom is -0.373 e. The van der Waals surface area contributed by atoms with Crippen molar-refractivity contribution in [3.8, 4) is 0 Å². The maximum atomic E-state index is 12.1. The highest BCUT2D eigenvalue weighted by Crippen LogP contribution is 2.20. The highest BCUT2D eigenvalue weighted by molar-refractivity contribution is 5.76. The zero-order valence-electron chi connectivity index (χ0n) is 10.4. The number of carbonyl (C=O) groups excluding carboxylic acids is 1. The van der Waals surface area contributed by atoms with Crippen LogP contribution in [-0.2, 0) is 22.7 Å². The Morgan fingerprint density at radius 3 is 3.22 bits per heavy atom. The van der Waals surface area contributed by atoms with Gasteiger partial charge in [0, 0.05) is 19.5 Å². The van der Waals surface area contributed by atoms with E-state index in [0.717, 1.165) is 38.0 Å². The molecule has 3 heterocycles. The third kappa shape index (κ3) is 2.25. The van der Waals surface area contributed by atoms with Crippen molar-refractivity contribution in [2.45, 2.75) is 44.9 Å². The second-order valence-corrected chi connectivity index (χ2v) is 4.95. The Kier molecular flexibility index (Phi) is 3.27. The van der Waals surface area contributed by atoms with Gasteiger partial charge in [0.1, 0.15) is 0 Å². The van der Waals surface area contributed by atoms with Gasteiger partial charge in [0.25, 0.3) is 0 Å². The van der Waals surface area contributed by atoms with Crippen molar-refractivity contribution < 1.29 is 9.53 Å². The Morgan fingerprint density at radius 1 is 1.33 bits per heavy atom. The van der Waals surface area contributed by atoms with E-state index in [1.807, 2.05) is 9.58 Å². The van der Waals surface area contributed by atoms with Crippen LogP contribution in [0.5, 0.6) is 0 Å². The molecule has 1 aromatic heterocycles. The number of rotatable bonds is 0. The molecule has 1 fully saturated rings. The number of carbonyl (C=O) groups is 1. The molecule has 2 aliphatic rings. The van der Waals surface area contributed by atoms with E-state index in [0.29, 0.717) is 19.6 Å². The Labute approximate surface area is 106 Å². The monoisotopic (exact) mass is 250 g/mol. The molecular weight excluding hydrogens is 232 g/mol. The summed E-state index contributed by atoms with van der Waals surface area (Å²) >= 11 is 0. The van der Waals surface area contributed by atoms with E-state index in [9.17, 15) is 4.79 Å². The van der Waals surface area contributed by atoms with Gasteiger partial charge in [0.2, 0.25) is 5.91 Å². The molecular formula is C12H18N4O2. The molecule has 0 saturated carbocycles. The van der Waals surface area contributed by atoms with Gasteiger partial charge in [0.05, 0.1) is 31.1 Å². The summed E-state index contributed by atoms with van der Waals surface area (Å²) < 4.78 is 7.55. The molecule has 6 heteroatoms. The van der Waals surface area contributed by atoms with Crippen molar-refractivity contribution >= 4 is 5.91 Å². The van der Waals surface area contributed by atoms with E-state index < -0.39 is 0 Å². The largest absolute Gasteiger partial charge is 0.373 e. The maximum Gasteiger partial charge on any atom is 0.222 e. The molecule has 1 atom stereocenters. The fourth-order valence-electron chi connectivity index (χ4n) is 2.74. The van der Waals surface area contributed by atoms with Gasteiger partial charge in [-0.3, -0.25) is 4.79 Å². The molecule has 1 saturated heterocycles. The minimum absolute atomic E-state index is 0.254. The number of fused-ring (bicyclic) bond motifs is 2. The Hall–Kier alpha value is -1.43. The molecule has 2 aliphatic heterocycles. The smallest absolute Gasteiger partial charge is 0.222 e. The van der Waals surface area contributed by atoms with Crippen LogP contribution in [0.3, 0.4) is 0 Å². The zero-order valence-corrected chi connectivity index (χ0v) is 10.4. The first-order valence-corrected chi connectivity index (χ1v) is 6.59. The average Bonchev–Trinajstić information content (AvgIpc) is 2.98. The zero-order chi connectivity index (χ0) is 12.4. The van der Waals surface area contributed by atoms with Crippen LogP contribution in [0.4, 0.5) is 0 Å². The first-order valence-electron chi connectivity index (χ1n) is 6.59. The van der Waals surface area contributed by atoms with Crippen LogP contribution in [-0.4, -0.2) is 45.0 Å². The molecule has 18 heavy (non-hydrogen) atoms. The fourth-order valence-corrected chi connectivity index (χ4v) is 2.74. The molecule has 0 aliphatic carbocycles. The lowest BCUT2D eigenvalue weighted by Crippen LogP contribution is -2.38. The molecule has 0 aromatic carbocycles. The second-order valence-electron chi connectivity index (χ2n) is 4.95. The molecule has 0 N–H and O–H groups in total. The van der Waals surface area contributed by atoms with E-state index in [2.05, 4.69) is 10.3 Å². The number of hydrogen-bond donors (Lipinski definition) is 0. The van der Waals surface area contributed by atoms with E-state index in [1.54, 1.807) is 6.20 Å². The highest BCUT2D eigenvalue weighted by atomic mass is 16.5. The van der Waals surface area contributed by atoms with Gasteiger partial charge in [-0.25, -0.2) is 4.68 Å². The van der Waals surface area contributed by atoms with Crippen molar-refractivity contribution in [1.29, 1.82) is 0 Å². The van der Waals surface area contributed by atoms with Crippen molar-refractivity contribution in [1.82, 2.24) is 19.9 Å². The van der Waals surface area contributed by atoms with Crippen molar-refractivity contribution in [2.75, 3.05) is 13.2 Å². The van der Waals surface area contributed by atoms with Crippen LogP contribution in [0, 0.1) is 0 Å². The summed E-state index contributed by atoms with van der Waals surface area (Å²) in [7, 11) is 0. The Balaban J connectivity index is 1.74. The summed E-state index contributed by atoms with van der Waals surface area (Å²) in [6.45, 7) is 2.78. The summed E-state index contributed by atoms with van der Waals surface area (Å²) in [6.07, 6.45) is 5.31. The summed E-state index contributed by atoms with van der Waals surface area (Å²) in [4.78, 5) is 14.1. The summed E-state index contributed by atoms with van der Waals surface area (Å²) in [5.41, 5.74) is 0.994. The lowest BCUT2D eigenvalue weighted by Gasteiger charge is -2.24. The first kappa shape index (κ1) is 11.6. The Bertz CT molecular complexity index is 431. The van der Waals surface area contributed by atoms with Crippen molar-refractivity contribution in [3.05, 3.63) is 11.9 Å². The fraction of sp³-hybridized carbons (Fsp3) is 0.750.